The molecule has 2 saturated carbocycles. The first-order valence-electron chi connectivity index (χ1n) is 11.2. The van der Waals surface area contributed by atoms with Gasteiger partial charge in [-0.2, -0.15) is 0 Å². The third-order valence-electron chi connectivity index (χ3n) is 8.01. The quantitative estimate of drug-likeness (QED) is 0.300. The van der Waals surface area contributed by atoms with Gasteiger partial charge in [0.25, 0.3) is 0 Å². The first-order valence-corrected chi connectivity index (χ1v) is 11.2. The second kappa shape index (κ2) is 8.04. The zero-order chi connectivity index (χ0) is 24.5. The summed E-state index contributed by atoms with van der Waals surface area (Å²) in [7, 11) is 0. The maximum absolute atomic E-state index is 12.6. The molecule has 2 heterocycles. The van der Waals surface area contributed by atoms with Gasteiger partial charge in [-0.25, -0.2) is 4.79 Å². The molecule has 4 fully saturated rings. The fraction of sp³-hybridized carbons (Fsp3) is 0.652. The summed E-state index contributed by atoms with van der Waals surface area (Å²) in [6.07, 6.45) is -8.57. The number of hydrogen-bond acceptors (Lipinski definition) is 11. The normalized spacial score (nSPS) is 47.2. The number of esters is 1. The molecule has 4 aliphatic rings. The molecule has 186 valence electrons. The molecule has 34 heavy (non-hydrogen) atoms. The smallest absolute Gasteiger partial charge is 0.338 e. The molecule has 5 N–H and O–H groups in total. The van der Waals surface area contributed by atoms with Crippen LogP contribution in [0.5, 0.6) is 0 Å². The number of carbonyl (C=O) groups excluding carboxylic acids is 2. The molecule has 1 aromatic rings. The van der Waals surface area contributed by atoms with Gasteiger partial charge in [0.1, 0.15) is 42.4 Å². The lowest BCUT2D eigenvalue weighted by Gasteiger charge is -2.58. The minimum Gasteiger partial charge on any atom is -0.461 e. The van der Waals surface area contributed by atoms with Crippen molar-refractivity contribution in [2.45, 2.75) is 68.0 Å². The zero-order valence-electron chi connectivity index (χ0n) is 18.4. The van der Waals surface area contributed by atoms with E-state index in [2.05, 4.69) is 0 Å². The Morgan fingerprint density at radius 2 is 1.88 bits per heavy atom. The molecule has 2 saturated heterocycles. The highest BCUT2D eigenvalue weighted by atomic mass is 16.8. The molecule has 1 aromatic carbocycles. The van der Waals surface area contributed by atoms with Crippen LogP contribution in [0.1, 0.15) is 30.1 Å². The van der Waals surface area contributed by atoms with Gasteiger partial charge in [-0.05, 0) is 25.5 Å². The van der Waals surface area contributed by atoms with E-state index in [4.69, 9.17) is 18.9 Å². The number of carbonyl (C=O) groups is 2. The molecular weight excluding hydrogens is 452 g/mol. The van der Waals surface area contributed by atoms with Crippen molar-refractivity contribution in [2.75, 3.05) is 13.2 Å². The van der Waals surface area contributed by atoms with E-state index < -0.39 is 72.1 Å². The standard InChI is InChI=1S/C23H28O11/c1-21(34-18-17(27)16(26)14(9-24)32-20(18)29)23(30)8-12-13(25)7-15(33-21)22(12,23)10-31-19(28)11-5-3-2-4-6-11/h2-6,12,14-18,20,24,26-27,29-30H,7-10H2,1H3/t12?,14-,15-,16-,17+,18-,20-,21-,22+,23+/m1/s1. The maximum atomic E-state index is 12.6. The zero-order valence-corrected chi connectivity index (χ0v) is 18.4. The number of hydrogen-bond donors (Lipinski definition) is 5. The largest absolute Gasteiger partial charge is 0.461 e. The topological polar surface area (TPSA) is 172 Å². The van der Waals surface area contributed by atoms with Crippen molar-refractivity contribution in [1.29, 1.82) is 0 Å². The molecule has 0 radical (unpaired) electrons. The van der Waals surface area contributed by atoms with Crippen molar-refractivity contribution < 1.29 is 54.1 Å². The van der Waals surface area contributed by atoms with E-state index in [9.17, 15) is 35.1 Å². The average molecular weight is 480 g/mol. The predicted molar refractivity (Wildman–Crippen MR) is 110 cm³/mol. The second-order valence-corrected chi connectivity index (χ2v) is 9.63. The summed E-state index contributed by atoms with van der Waals surface area (Å²) in [6, 6.07) is 8.29. The summed E-state index contributed by atoms with van der Waals surface area (Å²) < 4.78 is 22.6. The van der Waals surface area contributed by atoms with Crippen LogP contribution in [-0.2, 0) is 23.7 Å². The van der Waals surface area contributed by atoms with E-state index in [0.29, 0.717) is 5.56 Å². The minimum absolute atomic E-state index is 0.0176. The van der Waals surface area contributed by atoms with Gasteiger partial charge >= 0.3 is 5.97 Å². The van der Waals surface area contributed by atoms with E-state index in [1.54, 1.807) is 30.3 Å². The van der Waals surface area contributed by atoms with Crippen LogP contribution < -0.4 is 0 Å². The molecule has 11 heteroatoms. The van der Waals surface area contributed by atoms with Gasteiger partial charge in [0, 0.05) is 12.3 Å². The number of rotatable bonds is 6. The van der Waals surface area contributed by atoms with Crippen molar-refractivity contribution in [3.05, 3.63) is 35.9 Å². The van der Waals surface area contributed by atoms with E-state index in [1.165, 1.54) is 6.92 Å². The molecule has 5 rings (SSSR count). The van der Waals surface area contributed by atoms with Crippen LogP contribution in [-0.4, -0.2) is 98.7 Å². The Hall–Kier alpha value is -1.96. The molecule has 10 atom stereocenters. The summed E-state index contributed by atoms with van der Waals surface area (Å²) in [5, 5.41) is 52.1. The first-order chi connectivity index (χ1) is 16.1. The van der Waals surface area contributed by atoms with Crippen molar-refractivity contribution in [2.24, 2.45) is 11.3 Å². The average Bonchev–Trinajstić information content (AvgIpc) is 3.10. The van der Waals surface area contributed by atoms with Crippen molar-refractivity contribution in [1.82, 2.24) is 0 Å². The molecule has 0 bridgehead atoms. The van der Waals surface area contributed by atoms with E-state index >= 15 is 0 Å². The van der Waals surface area contributed by atoms with Gasteiger partial charge in [-0.3, -0.25) is 4.79 Å². The monoisotopic (exact) mass is 480 g/mol. The number of ether oxygens (including phenoxy) is 4. The molecule has 11 nitrogen and oxygen atoms in total. The molecule has 0 amide bonds. The van der Waals surface area contributed by atoms with Gasteiger partial charge in [-0.1, -0.05) is 18.2 Å². The van der Waals surface area contributed by atoms with Gasteiger partial charge < -0.3 is 44.5 Å². The van der Waals surface area contributed by atoms with Crippen molar-refractivity contribution in [3.8, 4) is 0 Å². The molecule has 2 aliphatic heterocycles. The van der Waals surface area contributed by atoms with Gasteiger partial charge in [0.15, 0.2) is 12.1 Å². The Kier molecular flexibility index (Phi) is 5.62. The number of aliphatic hydroxyl groups excluding tert-OH is 4. The lowest BCUT2D eigenvalue weighted by atomic mass is 9.49. The maximum Gasteiger partial charge on any atom is 0.338 e. The lowest BCUT2D eigenvalue weighted by Crippen LogP contribution is -2.73. The molecule has 0 spiro atoms. The molecular formula is C23H28O11. The summed E-state index contributed by atoms with van der Waals surface area (Å²) >= 11 is 0. The lowest BCUT2D eigenvalue weighted by molar-refractivity contribution is -0.380. The van der Waals surface area contributed by atoms with Crippen LogP contribution in [0.2, 0.25) is 0 Å². The summed E-state index contributed by atoms with van der Waals surface area (Å²) in [5.41, 5.74) is -2.74. The van der Waals surface area contributed by atoms with Crippen LogP contribution in [0.25, 0.3) is 0 Å². The second-order valence-electron chi connectivity index (χ2n) is 9.63. The number of Topliss-reactive ketones (excluding diaryl/α,β-unsaturated/α-hetero) is 1. The Labute approximate surface area is 194 Å². The van der Waals surface area contributed by atoms with Crippen LogP contribution in [0.4, 0.5) is 0 Å². The Morgan fingerprint density at radius 1 is 1.18 bits per heavy atom. The summed E-state index contributed by atoms with van der Waals surface area (Å²) in [6.45, 7) is 0.483. The van der Waals surface area contributed by atoms with Crippen LogP contribution >= 0.6 is 0 Å². The van der Waals surface area contributed by atoms with Crippen LogP contribution in [0.3, 0.4) is 0 Å². The highest BCUT2D eigenvalue weighted by molar-refractivity contribution is 5.90. The minimum atomic E-state index is -1.82. The van der Waals surface area contributed by atoms with E-state index in [0.717, 1.165) is 0 Å². The highest BCUT2D eigenvalue weighted by Gasteiger charge is 2.86. The number of benzene rings is 1. The fourth-order valence-corrected chi connectivity index (χ4v) is 6.09. The van der Waals surface area contributed by atoms with Gasteiger partial charge in [-0.15, -0.1) is 0 Å². The van der Waals surface area contributed by atoms with Gasteiger partial charge in [0.05, 0.1) is 23.7 Å². The highest BCUT2D eigenvalue weighted by Crippen LogP contribution is 2.72. The number of ketones is 1. The summed E-state index contributed by atoms with van der Waals surface area (Å²) in [5.74, 6) is -3.17. The van der Waals surface area contributed by atoms with E-state index in [-0.39, 0.29) is 25.2 Å². The van der Waals surface area contributed by atoms with Crippen molar-refractivity contribution in [3.63, 3.8) is 0 Å². The molecule has 2 aliphatic carbocycles. The first kappa shape index (κ1) is 23.8. The molecule has 1 unspecified atom stereocenters. The van der Waals surface area contributed by atoms with Gasteiger partial charge in [0.2, 0.25) is 0 Å². The Bertz CT molecular complexity index is 971. The predicted octanol–water partition coefficient (Wildman–Crippen LogP) is -1.51. The van der Waals surface area contributed by atoms with Crippen LogP contribution in [0, 0.1) is 11.3 Å². The Balaban J connectivity index is 1.39. The number of aliphatic hydroxyl groups is 5. The third kappa shape index (κ3) is 3.06. The van der Waals surface area contributed by atoms with Crippen LogP contribution in [0.15, 0.2) is 30.3 Å². The van der Waals surface area contributed by atoms with E-state index in [1.807, 2.05) is 0 Å². The molecule has 0 aromatic heterocycles. The Morgan fingerprint density at radius 3 is 2.56 bits per heavy atom. The third-order valence-corrected chi connectivity index (χ3v) is 8.01. The summed E-state index contributed by atoms with van der Waals surface area (Å²) in [4.78, 5) is 25.1. The van der Waals surface area contributed by atoms with Crippen molar-refractivity contribution >= 4 is 11.8 Å². The SMILES string of the molecule is C[C@]1(O[C@@H]2[C@@H](O)[C@H](O)[C@@H](CO)O[C@H]2O)O[C@@H]2CC(=O)C3C[C@@]1(O)[C@@]32COC(=O)c1ccccc1. The fourth-order valence-electron chi connectivity index (χ4n) is 6.09.